The predicted octanol–water partition coefficient (Wildman–Crippen LogP) is 2.70. The zero-order valence-corrected chi connectivity index (χ0v) is 17.3. The fourth-order valence-electron chi connectivity index (χ4n) is 3.54. The smallest absolute Gasteiger partial charge is 0.355 e. The minimum atomic E-state index is -1.04. The molecule has 0 bridgehead atoms. The van der Waals surface area contributed by atoms with Crippen LogP contribution in [-0.4, -0.2) is 26.2 Å². The number of carbonyl (C=O) groups is 2. The number of methoxy groups -OCH3 is 2. The van der Waals surface area contributed by atoms with Gasteiger partial charge in [-0.3, -0.25) is 4.90 Å². The van der Waals surface area contributed by atoms with Crippen molar-refractivity contribution in [2.24, 2.45) is 5.73 Å². The molecule has 0 saturated carbocycles. The number of allylic oxidation sites excluding steroid dienone is 1. The third-order valence-corrected chi connectivity index (χ3v) is 4.97. The first-order valence-electron chi connectivity index (χ1n) is 9.31. The van der Waals surface area contributed by atoms with Crippen LogP contribution in [0.5, 0.6) is 0 Å². The summed E-state index contributed by atoms with van der Waals surface area (Å²) in [4.78, 5) is 26.8. The van der Waals surface area contributed by atoms with Crippen LogP contribution in [0.3, 0.4) is 0 Å². The van der Waals surface area contributed by atoms with Gasteiger partial charge in [0.15, 0.2) is 0 Å². The molecular formula is C24H18FN3O4. The average Bonchev–Trinajstić information content (AvgIpc) is 2.82. The van der Waals surface area contributed by atoms with E-state index in [1.54, 1.807) is 30.3 Å². The molecule has 160 valence electrons. The van der Waals surface area contributed by atoms with Crippen molar-refractivity contribution < 1.29 is 23.5 Å². The largest absolute Gasteiger partial charge is 0.466 e. The van der Waals surface area contributed by atoms with Crippen LogP contribution in [0.15, 0.2) is 71.2 Å². The Morgan fingerprint density at radius 3 is 2.31 bits per heavy atom. The van der Waals surface area contributed by atoms with Gasteiger partial charge in [-0.05, 0) is 23.8 Å². The first-order valence-corrected chi connectivity index (χ1v) is 9.31. The second-order valence-corrected chi connectivity index (χ2v) is 6.65. The maximum Gasteiger partial charge on any atom is 0.355 e. The number of nitriles is 1. The van der Waals surface area contributed by atoms with Crippen LogP contribution < -0.4 is 10.6 Å². The Morgan fingerprint density at radius 1 is 1.12 bits per heavy atom. The molecule has 0 aliphatic carbocycles. The first kappa shape index (κ1) is 22.1. The number of terminal acetylenes is 1. The normalized spacial score (nSPS) is 15.7. The van der Waals surface area contributed by atoms with Crippen molar-refractivity contribution in [2.45, 2.75) is 5.92 Å². The summed E-state index contributed by atoms with van der Waals surface area (Å²) < 4.78 is 24.8. The van der Waals surface area contributed by atoms with Gasteiger partial charge >= 0.3 is 11.9 Å². The molecule has 0 fully saturated rings. The van der Waals surface area contributed by atoms with E-state index in [1.165, 1.54) is 12.1 Å². The number of benzene rings is 2. The Kier molecular flexibility index (Phi) is 6.27. The van der Waals surface area contributed by atoms with E-state index in [0.717, 1.165) is 25.2 Å². The number of hydrogen-bond donors (Lipinski definition) is 1. The summed E-state index contributed by atoms with van der Waals surface area (Å²) in [5, 5.41) is 9.94. The molecule has 2 aromatic carbocycles. The van der Waals surface area contributed by atoms with Crippen molar-refractivity contribution >= 4 is 17.6 Å². The van der Waals surface area contributed by atoms with E-state index < -0.39 is 23.7 Å². The highest BCUT2D eigenvalue weighted by atomic mass is 19.1. The van der Waals surface area contributed by atoms with Crippen LogP contribution in [0.25, 0.3) is 0 Å². The zero-order valence-electron chi connectivity index (χ0n) is 17.3. The molecule has 1 aliphatic heterocycles. The Balaban J connectivity index is 2.43. The number of anilines is 1. The summed E-state index contributed by atoms with van der Waals surface area (Å²) >= 11 is 0. The molecule has 7 nitrogen and oxygen atoms in total. The van der Waals surface area contributed by atoms with Crippen LogP contribution in [-0.2, 0) is 19.1 Å². The molecule has 1 atom stereocenters. The van der Waals surface area contributed by atoms with Crippen molar-refractivity contribution in [3.05, 3.63) is 88.1 Å². The molecule has 0 amide bonds. The molecule has 2 N–H and O–H groups in total. The first-order chi connectivity index (χ1) is 15.4. The highest BCUT2D eigenvalue weighted by Gasteiger charge is 2.43. The van der Waals surface area contributed by atoms with Crippen molar-refractivity contribution in [3.63, 3.8) is 0 Å². The second kappa shape index (κ2) is 9.07. The molecule has 8 heteroatoms. The van der Waals surface area contributed by atoms with E-state index in [0.29, 0.717) is 5.56 Å². The van der Waals surface area contributed by atoms with Gasteiger partial charge in [0.2, 0.25) is 0 Å². The molecule has 1 heterocycles. The van der Waals surface area contributed by atoms with Gasteiger partial charge in [-0.25, -0.2) is 14.0 Å². The maximum absolute atomic E-state index is 15.0. The van der Waals surface area contributed by atoms with Gasteiger partial charge < -0.3 is 15.2 Å². The summed E-state index contributed by atoms with van der Waals surface area (Å²) in [6.45, 7) is 0. The minimum Gasteiger partial charge on any atom is -0.466 e. The zero-order chi connectivity index (χ0) is 23.4. The molecular weight excluding hydrogens is 413 g/mol. The number of rotatable bonds is 4. The average molecular weight is 431 g/mol. The summed E-state index contributed by atoms with van der Waals surface area (Å²) in [6.07, 6.45) is 5.33. The molecule has 0 spiro atoms. The third kappa shape index (κ3) is 3.66. The van der Waals surface area contributed by atoms with E-state index in [2.05, 4.69) is 5.92 Å². The van der Waals surface area contributed by atoms with Crippen LogP contribution in [0.1, 0.15) is 17.0 Å². The summed E-state index contributed by atoms with van der Waals surface area (Å²) in [5.74, 6) is -1.64. The van der Waals surface area contributed by atoms with Crippen molar-refractivity contribution in [3.8, 4) is 18.4 Å². The minimum absolute atomic E-state index is 0.0651. The van der Waals surface area contributed by atoms with E-state index in [4.69, 9.17) is 21.6 Å². The highest BCUT2D eigenvalue weighted by Crippen LogP contribution is 2.43. The number of halogens is 1. The lowest BCUT2D eigenvalue weighted by atomic mass is 9.81. The van der Waals surface area contributed by atoms with Crippen LogP contribution in [0.4, 0.5) is 10.1 Å². The molecule has 1 unspecified atom stereocenters. The maximum atomic E-state index is 15.0. The van der Waals surface area contributed by atoms with Gasteiger partial charge in [0.05, 0.1) is 43.0 Å². The number of nitrogens with zero attached hydrogens (tertiary/aromatic N) is 2. The molecule has 3 rings (SSSR count). The van der Waals surface area contributed by atoms with E-state index in [-0.39, 0.29) is 33.9 Å². The van der Waals surface area contributed by atoms with Gasteiger partial charge in [0.1, 0.15) is 17.3 Å². The lowest BCUT2D eigenvalue weighted by Gasteiger charge is -2.36. The van der Waals surface area contributed by atoms with E-state index in [9.17, 15) is 14.9 Å². The standard InChI is InChI=1S/C24H18FN3O4/c1-4-14-10-11-18(17(25)12-14)28-21(24(30)32-3)20(23(29)31-2)19(16(13-26)22(28)27)15-8-6-5-7-9-15/h1,5-12,19H,27H2,2-3H3. The molecule has 0 aromatic heterocycles. The van der Waals surface area contributed by atoms with E-state index >= 15 is 4.39 Å². The van der Waals surface area contributed by atoms with E-state index in [1.807, 2.05) is 6.07 Å². The van der Waals surface area contributed by atoms with Gasteiger partial charge in [0.25, 0.3) is 0 Å². The SMILES string of the molecule is C#Cc1ccc(N2C(N)=C(C#N)C(c3ccccc3)C(C(=O)OC)=C2C(=O)OC)c(F)c1. The Bertz CT molecular complexity index is 1240. The third-order valence-electron chi connectivity index (χ3n) is 4.97. The lowest BCUT2D eigenvalue weighted by molar-refractivity contribution is -0.139. The molecule has 32 heavy (non-hydrogen) atoms. The number of esters is 2. The number of hydrogen-bond acceptors (Lipinski definition) is 7. The van der Waals surface area contributed by atoms with Crippen molar-refractivity contribution in [2.75, 3.05) is 19.1 Å². The van der Waals surface area contributed by atoms with Gasteiger partial charge in [-0.2, -0.15) is 5.26 Å². The summed E-state index contributed by atoms with van der Waals surface area (Å²) in [6, 6.07) is 14.3. The summed E-state index contributed by atoms with van der Waals surface area (Å²) in [7, 11) is 2.24. The van der Waals surface area contributed by atoms with Gasteiger partial charge in [-0.15, -0.1) is 6.42 Å². The Morgan fingerprint density at radius 2 is 1.78 bits per heavy atom. The predicted molar refractivity (Wildman–Crippen MR) is 114 cm³/mol. The Labute approximate surface area is 184 Å². The quantitative estimate of drug-likeness (QED) is 0.586. The number of ether oxygens (including phenoxy) is 2. The topological polar surface area (TPSA) is 106 Å². The van der Waals surface area contributed by atoms with Crippen molar-refractivity contribution in [1.82, 2.24) is 0 Å². The van der Waals surface area contributed by atoms with Crippen LogP contribution >= 0.6 is 0 Å². The van der Waals surface area contributed by atoms with Gasteiger partial charge in [0, 0.05) is 5.56 Å². The fraction of sp³-hybridized carbons (Fsp3) is 0.125. The Hall–Kier alpha value is -4.56. The monoisotopic (exact) mass is 431 g/mol. The second-order valence-electron chi connectivity index (χ2n) is 6.65. The van der Waals surface area contributed by atoms with Crippen molar-refractivity contribution in [1.29, 1.82) is 5.26 Å². The van der Waals surface area contributed by atoms with Gasteiger partial charge in [-0.1, -0.05) is 36.3 Å². The number of carbonyl (C=O) groups excluding carboxylic acids is 2. The lowest BCUT2D eigenvalue weighted by Crippen LogP contribution is -2.41. The van der Waals surface area contributed by atoms with Crippen LogP contribution in [0.2, 0.25) is 0 Å². The number of nitrogens with two attached hydrogens (primary N) is 1. The van der Waals surface area contributed by atoms with Crippen LogP contribution in [0, 0.1) is 29.5 Å². The highest BCUT2D eigenvalue weighted by molar-refractivity contribution is 6.06. The molecule has 1 aliphatic rings. The summed E-state index contributed by atoms with van der Waals surface area (Å²) in [5.41, 5.74) is 6.23. The molecule has 0 saturated heterocycles. The fourth-order valence-corrected chi connectivity index (χ4v) is 3.54. The molecule has 2 aromatic rings. The molecule has 0 radical (unpaired) electrons.